The van der Waals surface area contributed by atoms with Gasteiger partial charge in [-0.2, -0.15) is 0 Å². The summed E-state index contributed by atoms with van der Waals surface area (Å²) in [7, 11) is 0. The van der Waals surface area contributed by atoms with E-state index in [1.165, 1.54) is 0 Å². The lowest BCUT2D eigenvalue weighted by Gasteiger charge is -2.19. The van der Waals surface area contributed by atoms with Crippen LogP contribution in [0.1, 0.15) is 0 Å². The molecular formula is C22H20N2O6. The minimum Gasteiger partial charge on any atom is -0.486 e. The van der Waals surface area contributed by atoms with Crippen molar-refractivity contribution in [2.24, 2.45) is 11.8 Å². The van der Waals surface area contributed by atoms with Crippen molar-refractivity contribution in [3.8, 4) is 23.0 Å². The van der Waals surface area contributed by atoms with Crippen LogP contribution in [0, 0.1) is 11.8 Å². The van der Waals surface area contributed by atoms with E-state index >= 15 is 0 Å². The highest BCUT2D eigenvalue weighted by Crippen LogP contribution is 2.46. The molecule has 5 rings (SSSR count). The largest absolute Gasteiger partial charge is 0.486 e. The number of anilines is 2. The molecule has 2 atom stereocenters. The van der Waals surface area contributed by atoms with Crippen molar-refractivity contribution < 1.29 is 28.5 Å². The molecule has 3 aliphatic rings. The zero-order valence-corrected chi connectivity index (χ0v) is 16.1. The summed E-state index contributed by atoms with van der Waals surface area (Å²) in [5.74, 6) is 0.755. The van der Waals surface area contributed by atoms with E-state index in [0.717, 1.165) is 0 Å². The van der Waals surface area contributed by atoms with Crippen LogP contribution in [-0.2, 0) is 9.59 Å². The topological polar surface area (TPSA) is 95.1 Å². The van der Waals surface area contributed by atoms with E-state index in [0.29, 0.717) is 66.4 Å². The van der Waals surface area contributed by atoms with Crippen LogP contribution in [0.15, 0.2) is 48.6 Å². The molecule has 2 aliphatic heterocycles. The molecule has 2 aromatic rings. The third-order valence-electron chi connectivity index (χ3n) is 5.21. The second kappa shape index (κ2) is 7.29. The molecule has 8 heteroatoms. The van der Waals surface area contributed by atoms with E-state index in [-0.39, 0.29) is 11.8 Å². The van der Waals surface area contributed by atoms with Gasteiger partial charge in [0, 0.05) is 23.5 Å². The number of carbonyl (C=O) groups is 2. The number of carbonyl (C=O) groups excluding carboxylic acids is 2. The van der Waals surface area contributed by atoms with Gasteiger partial charge in [-0.25, -0.2) is 0 Å². The first-order valence-electron chi connectivity index (χ1n) is 9.70. The van der Waals surface area contributed by atoms with Crippen molar-refractivity contribution in [2.75, 3.05) is 37.1 Å². The Balaban J connectivity index is 1.22. The van der Waals surface area contributed by atoms with E-state index in [1.54, 1.807) is 36.4 Å². The third kappa shape index (κ3) is 3.41. The molecule has 2 N–H and O–H groups in total. The Morgan fingerprint density at radius 1 is 0.700 bits per heavy atom. The summed E-state index contributed by atoms with van der Waals surface area (Å²) in [5.41, 5.74) is 1.74. The number of ether oxygens (including phenoxy) is 4. The Kier molecular flexibility index (Phi) is 4.46. The first kappa shape index (κ1) is 18.4. The van der Waals surface area contributed by atoms with Gasteiger partial charge in [0.2, 0.25) is 11.8 Å². The van der Waals surface area contributed by atoms with Crippen molar-refractivity contribution in [2.45, 2.75) is 0 Å². The molecule has 1 fully saturated rings. The maximum atomic E-state index is 12.7. The fraction of sp³-hybridized carbons (Fsp3) is 0.273. The lowest BCUT2D eigenvalue weighted by atomic mass is 10.2. The molecule has 0 spiro atoms. The number of hydrogen-bond donors (Lipinski definition) is 2. The highest BCUT2D eigenvalue weighted by Gasteiger charge is 2.52. The van der Waals surface area contributed by atoms with Crippen LogP contribution in [0.4, 0.5) is 11.4 Å². The summed E-state index contributed by atoms with van der Waals surface area (Å²) in [6.45, 7) is 5.81. The van der Waals surface area contributed by atoms with E-state index in [4.69, 9.17) is 18.9 Å². The Morgan fingerprint density at radius 3 is 1.53 bits per heavy atom. The lowest BCUT2D eigenvalue weighted by molar-refractivity contribution is -0.122. The van der Waals surface area contributed by atoms with Crippen molar-refractivity contribution in [3.05, 3.63) is 48.6 Å². The molecule has 0 bridgehead atoms. The highest BCUT2D eigenvalue weighted by molar-refractivity contribution is 6.08. The minimum absolute atomic E-state index is 0.279. The fourth-order valence-electron chi connectivity index (χ4n) is 3.64. The van der Waals surface area contributed by atoms with Crippen LogP contribution < -0.4 is 29.6 Å². The summed E-state index contributed by atoms with van der Waals surface area (Å²) in [6, 6.07) is 10.4. The van der Waals surface area contributed by atoms with Gasteiger partial charge >= 0.3 is 0 Å². The Hall–Kier alpha value is -3.68. The summed E-state index contributed by atoms with van der Waals surface area (Å²) in [4.78, 5) is 25.3. The normalized spacial score (nSPS) is 20.9. The molecule has 2 heterocycles. The van der Waals surface area contributed by atoms with Gasteiger partial charge in [-0.3, -0.25) is 9.59 Å². The molecule has 0 aromatic heterocycles. The van der Waals surface area contributed by atoms with E-state index < -0.39 is 11.8 Å². The zero-order valence-electron chi connectivity index (χ0n) is 16.1. The molecule has 1 unspecified atom stereocenters. The maximum Gasteiger partial charge on any atom is 0.232 e. The van der Waals surface area contributed by atoms with Gasteiger partial charge in [-0.15, -0.1) is 0 Å². The van der Waals surface area contributed by atoms with Crippen molar-refractivity contribution in [3.63, 3.8) is 0 Å². The van der Waals surface area contributed by atoms with Gasteiger partial charge in [0.15, 0.2) is 23.0 Å². The van der Waals surface area contributed by atoms with Crippen LogP contribution in [0.3, 0.4) is 0 Å². The van der Waals surface area contributed by atoms with Crippen LogP contribution in [0.5, 0.6) is 23.0 Å². The van der Waals surface area contributed by atoms with E-state index in [1.807, 2.05) is 0 Å². The summed E-state index contributed by atoms with van der Waals surface area (Å²) in [6.07, 6.45) is 0. The first-order chi connectivity index (χ1) is 14.6. The quantitative estimate of drug-likeness (QED) is 0.756. The molecule has 2 amide bonds. The standard InChI is InChI=1S/C22H20N2O6/c1-12-19(21(25)23-13-2-4-15-17(10-13)29-8-6-27-15)20(12)22(26)24-14-3-5-16-18(11-14)30-9-7-28-16/h2-5,10-11,19-20H,1,6-9H2,(H,23,25)(H,24,26)/t19-,20?/m0/s1. The van der Waals surface area contributed by atoms with Crippen molar-refractivity contribution >= 4 is 23.2 Å². The molecule has 2 aromatic carbocycles. The molecular weight excluding hydrogens is 388 g/mol. The van der Waals surface area contributed by atoms with Crippen molar-refractivity contribution in [1.82, 2.24) is 0 Å². The first-order valence-corrected chi connectivity index (χ1v) is 9.70. The second-order valence-electron chi connectivity index (χ2n) is 7.23. The van der Waals surface area contributed by atoms with Gasteiger partial charge in [-0.05, 0) is 24.3 Å². The highest BCUT2D eigenvalue weighted by atomic mass is 16.6. The Labute approximate surface area is 172 Å². The monoisotopic (exact) mass is 408 g/mol. The molecule has 154 valence electrons. The predicted molar refractivity (Wildman–Crippen MR) is 108 cm³/mol. The molecule has 8 nitrogen and oxygen atoms in total. The van der Waals surface area contributed by atoms with Crippen LogP contribution in [0.2, 0.25) is 0 Å². The average Bonchev–Trinajstić information content (AvgIpc) is 3.45. The lowest BCUT2D eigenvalue weighted by Crippen LogP contribution is -2.21. The Bertz CT molecular complexity index is 968. The SMILES string of the molecule is C=C1C(C(=O)Nc2ccc3c(c2)OCCO3)[C@H]1C(=O)Nc1ccc2c(c1)OCCO2. The number of amides is 2. The molecule has 0 saturated heterocycles. The Morgan fingerprint density at radius 2 is 1.10 bits per heavy atom. The molecule has 1 saturated carbocycles. The average molecular weight is 408 g/mol. The number of rotatable bonds is 4. The van der Waals surface area contributed by atoms with E-state index in [2.05, 4.69) is 17.2 Å². The summed E-state index contributed by atoms with van der Waals surface area (Å²) >= 11 is 0. The van der Waals surface area contributed by atoms with Crippen LogP contribution in [-0.4, -0.2) is 38.2 Å². The number of fused-ring (bicyclic) bond motifs is 2. The van der Waals surface area contributed by atoms with Gasteiger partial charge in [-0.1, -0.05) is 12.2 Å². The summed E-state index contributed by atoms with van der Waals surface area (Å²) < 4.78 is 22.0. The van der Waals surface area contributed by atoms with Crippen molar-refractivity contribution in [1.29, 1.82) is 0 Å². The van der Waals surface area contributed by atoms with Gasteiger partial charge < -0.3 is 29.6 Å². The molecule has 30 heavy (non-hydrogen) atoms. The number of benzene rings is 2. The third-order valence-corrected chi connectivity index (χ3v) is 5.21. The smallest absolute Gasteiger partial charge is 0.232 e. The number of hydrogen-bond acceptors (Lipinski definition) is 6. The van der Waals surface area contributed by atoms with E-state index in [9.17, 15) is 9.59 Å². The maximum absolute atomic E-state index is 12.7. The minimum atomic E-state index is -0.574. The van der Waals surface area contributed by atoms with Gasteiger partial charge in [0.05, 0.1) is 11.8 Å². The van der Waals surface area contributed by atoms with Crippen LogP contribution in [0.25, 0.3) is 0 Å². The predicted octanol–water partition coefficient (Wildman–Crippen LogP) is 2.61. The second-order valence-corrected chi connectivity index (χ2v) is 7.23. The molecule has 0 radical (unpaired) electrons. The molecule has 1 aliphatic carbocycles. The van der Waals surface area contributed by atoms with Gasteiger partial charge in [0.1, 0.15) is 26.4 Å². The van der Waals surface area contributed by atoms with Crippen LogP contribution >= 0.6 is 0 Å². The zero-order chi connectivity index (χ0) is 20.7. The van der Waals surface area contributed by atoms with Gasteiger partial charge in [0.25, 0.3) is 0 Å². The number of nitrogens with one attached hydrogen (secondary N) is 2. The summed E-state index contributed by atoms with van der Waals surface area (Å²) in [5, 5.41) is 5.64. The fourth-order valence-corrected chi connectivity index (χ4v) is 3.64.